The summed E-state index contributed by atoms with van der Waals surface area (Å²) in [7, 11) is -1.12. The Labute approximate surface area is 124 Å². The van der Waals surface area contributed by atoms with Crippen LogP contribution in [-0.2, 0) is 10.0 Å². The predicted molar refractivity (Wildman–Crippen MR) is 83.9 cm³/mol. The molecular weight excluding hydrogens is 288 g/mol. The standard InChI is InChI=1S/C14H20N4O2S/c1-17(10-11-4-3-9-18(11)21(2,19)20)13-6-8-16-14-12(13)5-7-15-14/h5-8,11H,3-4,9-10H2,1-2H3,(H,15,16). The number of sulfonamides is 1. The first-order chi connectivity index (χ1) is 9.97. The number of hydrogen-bond donors (Lipinski definition) is 1. The zero-order chi connectivity index (χ0) is 15.0. The second kappa shape index (κ2) is 5.31. The van der Waals surface area contributed by atoms with E-state index in [9.17, 15) is 8.42 Å². The quantitative estimate of drug-likeness (QED) is 0.927. The van der Waals surface area contributed by atoms with Gasteiger partial charge in [0.15, 0.2) is 0 Å². The number of pyridine rings is 1. The van der Waals surface area contributed by atoms with Crippen molar-refractivity contribution >= 4 is 26.7 Å². The van der Waals surface area contributed by atoms with Gasteiger partial charge in [-0.1, -0.05) is 0 Å². The highest BCUT2D eigenvalue weighted by molar-refractivity contribution is 7.88. The molecule has 21 heavy (non-hydrogen) atoms. The second-order valence-electron chi connectivity index (χ2n) is 5.62. The summed E-state index contributed by atoms with van der Waals surface area (Å²) in [6.07, 6.45) is 6.78. The molecule has 3 heterocycles. The molecule has 2 aromatic rings. The Morgan fingerprint density at radius 1 is 1.48 bits per heavy atom. The topological polar surface area (TPSA) is 69.3 Å². The third-order valence-electron chi connectivity index (χ3n) is 4.08. The van der Waals surface area contributed by atoms with Crippen LogP contribution in [0, 0.1) is 0 Å². The van der Waals surface area contributed by atoms with E-state index in [0.29, 0.717) is 13.1 Å². The van der Waals surface area contributed by atoms with E-state index in [0.717, 1.165) is 29.6 Å². The molecule has 6 nitrogen and oxygen atoms in total. The number of aromatic nitrogens is 2. The van der Waals surface area contributed by atoms with E-state index in [-0.39, 0.29) is 6.04 Å². The predicted octanol–water partition coefficient (Wildman–Crippen LogP) is 1.42. The number of anilines is 1. The van der Waals surface area contributed by atoms with Crippen LogP contribution in [0.4, 0.5) is 5.69 Å². The molecule has 114 valence electrons. The smallest absolute Gasteiger partial charge is 0.211 e. The number of rotatable bonds is 4. The van der Waals surface area contributed by atoms with Gasteiger partial charge in [0, 0.05) is 49.6 Å². The Hall–Kier alpha value is -1.60. The van der Waals surface area contributed by atoms with Gasteiger partial charge in [-0.25, -0.2) is 13.4 Å². The minimum atomic E-state index is -3.12. The van der Waals surface area contributed by atoms with Gasteiger partial charge in [0.25, 0.3) is 0 Å². The monoisotopic (exact) mass is 308 g/mol. The normalized spacial score (nSPS) is 20.2. The Morgan fingerprint density at radius 3 is 3.05 bits per heavy atom. The summed E-state index contributed by atoms with van der Waals surface area (Å²) in [6, 6.07) is 4.01. The molecule has 1 atom stereocenters. The van der Waals surface area contributed by atoms with Crippen molar-refractivity contribution in [3.63, 3.8) is 0 Å². The molecule has 1 fully saturated rings. The molecule has 1 aliphatic heterocycles. The highest BCUT2D eigenvalue weighted by Gasteiger charge is 2.32. The minimum absolute atomic E-state index is 0.0483. The summed E-state index contributed by atoms with van der Waals surface area (Å²) in [5, 5.41) is 1.06. The van der Waals surface area contributed by atoms with Gasteiger partial charge in [0.2, 0.25) is 10.0 Å². The summed E-state index contributed by atoms with van der Waals surface area (Å²) in [6.45, 7) is 1.32. The second-order valence-corrected chi connectivity index (χ2v) is 7.56. The molecule has 1 unspecified atom stereocenters. The van der Waals surface area contributed by atoms with Crippen LogP contribution < -0.4 is 4.90 Å². The lowest BCUT2D eigenvalue weighted by Crippen LogP contribution is -2.41. The first-order valence-electron chi connectivity index (χ1n) is 7.07. The Morgan fingerprint density at radius 2 is 2.29 bits per heavy atom. The van der Waals surface area contributed by atoms with E-state index in [1.807, 2.05) is 25.4 Å². The zero-order valence-corrected chi connectivity index (χ0v) is 13.1. The van der Waals surface area contributed by atoms with E-state index in [1.54, 1.807) is 10.5 Å². The summed E-state index contributed by atoms with van der Waals surface area (Å²) >= 11 is 0. The third-order valence-corrected chi connectivity index (χ3v) is 5.41. The van der Waals surface area contributed by atoms with Crippen molar-refractivity contribution in [1.29, 1.82) is 0 Å². The van der Waals surface area contributed by atoms with E-state index >= 15 is 0 Å². The van der Waals surface area contributed by atoms with Crippen LogP contribution in [-0.4, -0.2) is 55.1 Å². The van der Waals surface area contributed by atoms with Crippen LogP contribution in [0.3, 0.4) is 0 Å². The van der Waals surface area contributed by atoms with Gasteiger partial charge in [-0.15, -0.1) is 0 Å². The van der Waals surface area contributed by atoms with Crippen LogP contribution in [0.15, 0.2) is 24.5 Å². The number of hydrogen-bond acceptors (Lipinski definition) is 4. The van der Waals surface area contributed by atoms with Crippen molar-refractivity contribution in [2.75, 3.05) is 31.3 Å². The average Bonchev–Trinajstić information content (AvgIpc) is 3.04. The lowest BCUT2D eigenvalue weighted by molar-refractivity contribution is 0.393. The molecule has 1 N–H and O–H groups in total. The average molecular weight is 308 g/mol. The number of likely N-dealkylation sites (N-methyl/N-ethyl adjacent to an activating group) is 1. The van der Waals surface area contributed by atoms with Gasteiger partial charge in [-0.2, -0.15) is 4.31 Å². The van der Waals surface area contributed by atoms with E-state index in [1.165, 1.54) is 6.26 Å². The molecule has 1 saturated heterocycles. The highest BCUT2D eigenvalue weighted by Crippen LogP contribution is 2.27. The van der Waals surface area contributed by atoms with Gasteiger partial charge < -0.3 is 9.88 Å². The summed E-state index contributed by atoms with van der Waals surface area (Å²) in [4.78, 5) is 9.50. The van der Waals surface area contributed by atoms with Crippen LogP contribution in [0.25, 0.3) is 11.0 Å². The lowest BCUT2D eigenvalue weighted by Gasteiger charge is -2.28. The number of aromatic amines is 1. The maximum absolute atomic E-state index is 11.8. The van der Waals surface area contributed by atoms with E-state index in [2.05, 4.69) is 14.9 Å². The summed E-state index contributed by atoms with van der Waals surface area (Å²) in [5.74, 6) is 0. The van der Waals surface area contributed by atoms with Gasteiger partial charge >= 0.3 is 0 Å². The molecule has 0 spiro atoms. The molecular formula is C14H20N4O2S. The van der Waals surface area contributed by atoms with Crippen LogP contribution in [0.5, 0.6) is 0 Å². The van der Waals surface area contributed by atoms with Crippen molar-refractivity contribution in [1.82, 2.24) is 14.3 Å². The van der Waals surface area contributed by atoms with Gasteiger partial charge in [0.05, 0.1) is 6.26 Å². The van der Waals surface area contributed by atoms with Crippen LogP contribution in [0.2, 0.25) is 0 Å². The Balaban J connectivity index is 1.83. The van der Waals surface area contributed by atoms with Crippen molar-refractivity contribution in [3.05, 3.63) is 24.5 Å². The molecule has 0 amide bonds. The zero-order valence-electron chi connectivity index (χ0n) is 12.3. The highest BCUT2D eigenvalue weighted by atomic mass is 32.2. The third kappa shape index (κ3) is 2.75. The van der Waals surface area contributed by atoms with E-state index < -0.39 is 10.0 Å². The number of nitrogens with zero attached hydrogens (tertiary/aromatic N) is 3. The van der Waals surface area contributed by atoms with Gasteiger partial charge in [0.1, 0.15) is 5.65 Å². The molecule has 0 saturated carbocycles. The van der Waals surface area contributed by atoms with E-state index in [4.69, 9.17) is 0 Å². The fourth-order valence-electron chi connectivity index (χ4n) is 3.12. The van der Waals surface area contributed by atoms with Crippen molar-refractivity contribution in [2.45, 2.75) is 18.9 Å². The fraction of sp³-hybridized carbons (Fsp3) is 0.500. The molecule has 0 aliphatic carbocycles. The first kappa shape index (κ1) is 14.3. The van der Waals surface area contributed by atoms with Crippen LogP contribution in [0.1, 0.15) is 12.8 Å². The van der Waals surface area contributed by atoms with Crippen LogP contribution >= 0.6 is 0 Å². The summed E-state index contributed by atoms with van der Waals surface area (Å²) in [5.41, 5.74) is 1.92. The lowest BCUT2D eigenvalue weighted by atomic mass is 10.2. The summed E-state index contributed by atoms with van der Waals surface area (Å²) < 4.78 is 25.3. The molecule has 3 rings (SSSR count). The van der Waals surface area contributed by atoms with Gasteiger partial charge in [-0.3, -0.25) is 0 Å². The Bertz CT molecular complexity index is 740. The molecule has 0 radical (unpaired) electrons. The maximum Gasteiger partial charge on any atom is 0.211 e. The van der Waals surface area contributed by atoms with Crippen molar-refractivity contribution < 1.29 is 8.42 Å². The molecule has 1 aliphatic rings. The number of nitrogens with one attached hydrogen (secondary N) is 1. The largest absolute Gasteiger partial charge is 0.372 e. The van der Waals surface area contributed by atoms with Gasteiger partial charge in [-0.05, 0) is 25.0 Å². The van der Waals surface area contributed by atoms with Crippen molar-refractivity contribution in [3.8, 4) is 0 Å². The number of fused-ring (bicyclic) bond motifs is 1. The first-order valence-corrected chi connectivity index (χ1v) is 8.91. The number of H-pyrrole nitrogens is 1. The molecule has 7 heteroatoms. The molecule has 0 aromatic carbocycles. The van der Waals surface area contributed by atoms with Crippen molar-refractivity contribution in [2.24, 2.45) is 0 Å². The maximum atomic E-state index is 11.8. The minimum Gasteiger partial charge on any atom is -0.372 e. The molecule has 2 aromatic heterocycles. The SMILES string of the molecule is CN(CC1CCCN1S(C)(=O)=O)c1ccnc2[nH]ccc12. The fourth-order valence-corrected chi connectivity index (χ4v) is 4.30. The Kier molecular flexibility index (Phi) is 3.62. The molecule has 0 bridgehead atoms.